The number of hydrogen-bond acceptors (Lipinski definition) is 6. The first kappa shape index (κ1) is 35.4. The quantitative estimate of drug-likeness (QED) is 0.176. The monoisotopic (exact) mass is 740 g/mol. The number of hydrogen-bond donors (Lipinski definition) is 2. The number of nitrogens with one attached hydrogen (secondary N) is 2. The number of urea groups is 1. The van der Waals surface area contributed by atoms with E-state index in [1.54, 1.807) is 17.2 Å². The van der Waals surface area contributed by atoms with Crippen molar-refractivity contribution >= 4 is 50.8 Å². The number of aryl methyl sites for hydroxylation is 1. The molecule has 4 saturated heterocycles. The first-order valence-electron chi connectivity index (χ1n) is 20.1. The van der Waals surface area contributed by atoms with Gasteiger partial charge in [-0.2, -0.15) is 5.26 Å². The molecule has 3 amide bonds. The number of anilines is 3. The molecule has 3 aromatic carbocycles. The van der Waals surface area contributed by atoms with Crippen molar-refractivity contribution in [2.75, 3.05) is 67.1 Å². The molecule has 0 spiro atoms. The zero-order valence-electron chi connectivity index (χ0n) is 31.6. The molecule has 5 aromatic rings. The molecule has 0 atom stereocenters. The number of H-pyrrole nitrogens is 1. The molecule has 0 bridgehead atoms. The molecule has 0 radical (unpaired) electrons. The van der Waals surface area contributed by atoms with Crippen molar-refractivity contribution in [2.45, 2.75) is 63.8 Å². The Morgan fingerprint density at radius 3 is 2.38 bits per heavy atom. The number of rotatable bonds is 7. The summed E-state index contributed by atoms with van der Waals surface area (Å²) in [6.45, 7) is 9.30. The van der Waals surface area contributed by atoms with Crippen molar-refractivity contribution in [1.82, 2.24) is 19.8 Å². The second-order valence-electron chi connectivity index (χ2n) is 16.1. The lowest BCUT2D eigenvalue weighted by atomic mass is 9.88. The van der Waals surface area contributed by atoms with Gasteiger partial charge in [0.25, 0.3) is 0 Å². The summed E-state index contributed by atoms with van der Waals surface area (Å²) in [5.74, 6) is 0.543. The van der Waals surface area contributed by atoms with Crippen molar-refractivity contribution in [3.63, 3.8) is 0 Å². The summed E-state index contributed by atoms with van der Waals surface area (Å²) in [5.41, 5.74) is 7.74. The lowest BCUT2D eigenvalue weighted by Gasteiger charge is -2.39. The molecule has 4 fully saturated rings. The minimum absolute atomic E-state index is 0.0816. The van der Waals surface area contributed by atoms with E-state index in [-0.39, 0.29) is 23.7 Å². The van der Waals surface area contributed by atoms with Gasteiger partial charge in [0.2, 0.25) is 5.91 Å². The highest BCUT2D eigenvalue weighted by molar-refractivity contribution is 6.09. The van der Waals surface area contributed by atoms with Crippen molar-refractivity contribution in [1.29, 1.82) is 5.26 Å². The van der Waals surface area contributed by atoms with Crippen LogP contribution >= 0.6 is 0 Å². The third-order valence-corrected chi connectivity index (χ3v) is 12.9. The molecule has 11 heteroatoms. The molecule has 2 aromatic heterocycles. The van der Waals surface area contributed by atoms with Crippen LogP contribution < -0.4 is 20.0 Å². The Balaban J connectivity index is 0.757. The molecule has 10 nitrogen and oxygen atoms in total. The predicted molar refractivity (Wildman–Crippen MR) is 215 cm³/mol. The third-order valence-electron chi connectivity index (χ3n) is 12.9. The fourth-order valence-corrected chi connectivity index (χ4v) is 9.87. The standard InChI is InChI=1S/C44H49FN8O2/c1-29-5-8-40(43-42(29)32(26-46)27-47-43)51-21-11-31(12-22-51)35-7-6-34(25-37(35)45)50-19-9-30(10-20-50)28-49-17-13-33(14-18-49)52-23-15-36-38(52)3-2-4-39(36)53-24-16-41(54)48-44(53)55/h2-8,15,23,25,27,30-31,33,47H,9-14,16-22,24,28H2,1H3,(H,48,54,55). The van der Waals surface area contributed by atoms with Crippen molar-refractivity contribution in [3.8, 4) is 6.07 Å². The maximum atomic E-state index is 15.7. The number of halogens is 1. The molecule has 0 unspecified atom stereocenters. The maximum Gasteiger partial charge on any atom is 0.328 e. The van der Waals surface area contributed by atoms with Crippen LogP contribution in [0.15, 0.2) is 67.0 Å². The number of aromatic nitrogens is 2. The number of benzene rings is 3. The number of nitriles is 1. The van der Waals surface area contributed by atoms with Crippen LogP contribution in [0.25, 0.3) is 21.8 Å². The summed E-state index contributed by atoms with van der Waals surface area (Å²) in [6, 6.07) is 20.8. The van der Waals surface area contributed by atoms with Gasteiger partial charge in [0, 0.05) is 93.7 Å². The van der Waals surface area contributed by atoms with Gasteiger partial charge in [-0.25, -0.2) is 9.18 Å². The number of nitrogens with zero attached hydrogens (tertiary/aromatic N) is 6. The summed E-state index contributed by atoms with van der Waals surface area (Å²) >= 11 is 0. The van der Waals surface area contributed by atoms with Gasteiger partial charge in [-0.15, -0.1) is 0 Å². The fraction of sp³-hybridized carbons (Fsp3) is 0.432. The molecule has 284 valence electrons. The zero-order valence-corrected chi connectivity index (χ0v) is 31.6. The average molecular weight is 741 g/mol. The topological polar surface area (TPSA) is 104 Å². The van der Waals surface area contributed by atoms with E-state index in [1.165, 1.54) is 0 Å². The highest BCUT2D eigenvalue weighted by Gasteiger charge is 2.30. The van der Waals surface area contributed by atoms with Crippen molar-refractivity contribution < 1.29 is 14.0 Å². The largest absolute Gasteiger partial charge is 0.371 e. The van der Waals surface area contributed by atoms with Gasteiger partial charge in [0.05, 0.1) is 28.0 Å². The van der Waals surface area contributed by atoms with E-state index in [1.807, 2.05) is 25.1 Å². The number of carbonyl (C=O) groups excluding carboxylic acids is 2. The Kier molecular flexibility index (Phi) is 9.46. The summed E-state index contributed by atoms with van der Waals surface area (Å²) in [6.07, 6.45) is 10.5. The van der Waals surface area contributed by atoms with Crippen LogP contribution in [0.5, 0.6) is 0 Å². The van der Waals surface area contributed by atoms with Crippen molar-refractivity contribution in [3.05, 3.63) is 89.5 Å². The number of imide groups is 1. The number of carbonyl (C=O) groups is 2. The first-order valence-corrected chi connectivity index (χ1v) is 20.1. The fourth-order valence-electron chi connectivity index (χ4n) is 9.87. The van der Waals surface area contributed by atoms with Crippen LogP contribution in [0.4, 0.5) is 26.2 Å². The van der Waals surface area contributed by atoms with Gasteiger partial charge in [-0.05, 0) is 105 Å². The minimum Gasteiger partial charge on any atom is -0.371 e. The van der Waals surface area contributed by atoms with Crippen molar-refractivity contribution in [2.24, 2.45) is 5.92 Å². The van der Waals surface area contributed by atoms with Crippen LogP contribution in [-0.4, -0.2) is 78.7 Å². The Labute approximate surface area is 321 Å². The van der Waals surface area contributed by atoms with E-state index in [0.717, 1.165) is 134 Å². The van der Waals surface area contributed by atoms with Crippen LogP contribution in [0, 0.1) is 30.0 Å². The Morgan fingerprint density at radius 2 is 1.64 bits per heavy atom. The van der Waals surface area contributed by atoms with E-state index in [0.29, 0.717) is 30.5 Å². The van der Waals surface area contributed by atoms with E-state index < -0.39 is 0 Å². The van der Waals surface area contributed by atoms with Gasteiger partial charge in [-0.3, -0.25) is 15.0 Å². The van der Waals surface area contributed by atoms with Gasteiger partial charge >= 0.3 is 6.03 Å². The maximum absolute atomic E-state index is 15.7. The predicted octanol–water partition coefficient (Wildman–Crippen LogP) is 7.83. The molecule has 9 rings (SSSR count). The Morgan fingerprint density at radius 1 is 0.855 bits per heavy atom. The minimum atomic E-state index is -0.348. The lowest BCUT2D eigenvalue weighted by molar-refractivity contribution is -0.120. The number of aromatic amines is 1. The summed E-state index contributed by atoms with van der Waals surface area (Å²) in [7, 11) is 0. The number of fused-ring (bicyclic) bond motifs is 2. The molecular formula is C44H49FN8O2. The zero-order chi connectivity index (χ0) is 37.6. The van der Waals surface area contributed by atoms with E-state index >= 15 is 4.39 Å². The summed E-state index contributed by atoms with van der Waals surface area (Å²) < 4.78 is 18.1. The first-order chi connectivity index (χ1) is 26.8. The summed E-state index contributed by atoms with van der Waals surface area (Å²) in [4.78, 5) is 36.7. The second-order valence-corrected chi connectivity index (χ2v) is 16.1. The van der Waals surface area contributed by atoms with Crippen LogP contribution in [0.2, 0.25) is 0 Å². The molecule has 6 heterocycles. The second kappa shape index (κ2) is 14.7. The smallest absolute Gasteiger partial charge is 0.328 e. The number of likely N-dealkylation sites (tertiary alicyclic amines) is 1. The highest BCUT2D eigenvalue weighted by Crippen LogP contribution is 2.38. The van der Waals surface area contributed by atoms with Gasteiger partial charge in [-0.1, -0.05) is 18.2 Å². The van der Waals surface area contributed by atoms with Gasteiger partial charge in [0.15, 0.2) is 0 Å². The number of amides is 3. The Hall–Kier alpha value is -5.34. The molecule has 55 heavy (non-hydrogen) atoms. The van der Waals surface area contributed by atoms with E-state index in [4.69, 9.17) is 0 Å². The number of piperidine rings is 3. The van der Waals surface area contributed by atoms with Crippen LogP contribution in [-0.2, 0) is 4.79 Å². The Bertz CT molecular complexity index is 2280. The summed E-state index contributed by atoms with van der Waals surface area (Å²) in [5, 5.41) is 14.1. The molecular weight excluding hydrogens is 692 g/mol. The van der Waals surface area contributed by atoms with E-state index in [2.05, 4.69) is 72.2 Å². The molecule has 2 N–H and O–H groups in total. The third kappa shape index (κ3) is 6.71. The molecule has 0 aliphatic carbocycles. The normalized spacial score (nSPS) is 19.8. The van der Waals surface area contributed by atoms with E-state index in [9.17, 15) is 14.9 Å². The molecule has 0 saturated carbocycles. The average Bonchev–Trinajstić information content (AvgIpc) is 3.85. The lowest BCUT2D eigenvalue weighted by Crippen LogP contribution is -2.49. The van der Waals surface area contributed by atoms with Gasteiger partial charge < -0.3 is 24.3 Å². The van der Waals surface area contributed by atoms with Gasteiger partial charge in [0.1, 0.15) is 11.9 Å². The molecule has 4 aliphatic rings. The molecule has 4 aliphatic heterocycles. The van der Waals surface area contributed by atoms with Crippen LogP contribution in [0.3, 0.4) is 0 Å². The van der Waals surface area contributed by atoms with Crippen LogP contribution in [0.1, 0.15) is 73.6 Å². The SMILES string of the molecule is Cc1ccc(N2CCC(c3ccc(N4CCC(CN5CCC(n6ccc7c(N8CCC(=O)NC8=O)cccc76)CC5)CC4)cc3F)CC2)c2[nH]cc(C#N)c12. The highest BCUT2D eigenvalue weighted by atomic mass is 19.1.